The van der Waals surface area contributed by atoms with Crippen molar-refractivity contribution in [2.24, 2.45) is 0 Å². The Bertz CT molecular complexity index is 1260. The number of imide groups is 1. The number of carbonyl (C=O) groups excluding carboxylic acids is 2. The molecule has 1 heterocycles. The van der Waals surface area contributed by atoms with E-state index in [1.54, 1.807) is 30.3 Å². The number of carbonyl (C=O) groups is 2. The van der Waals surface area contributed by atoms with Crippen LogP contribution in [0.4, 0.5) is 15.8 Å². The first kappa shape index (κ1) is 22.3. The molecule has 5 nitrogen and oxygen atoms in total. The van der Waals surface area contributed by atoms with E-state index < -0.39 is 17.6 Å². The molecule has 0 saturated carbocycles. The number of anilines is 2. The highest BCUT2D eigenvalue weighted by Gasteiger charge is 2.41. The summed E-state index contributed by atoms with van der Waals surface area (Å²) in [6, 6.07) is 18.4. The monoisotopic (exact) mass is 444 g/mol. The van der Waals surface area contributed by atoms with Crippen LogP contribution in [0.5, 0.6) is 5.75 Å². The molecule has 0 radical (unpaired) electrons. The number of benzene rings is 3. The zero-order valence-electron chi connectivity index (χ0n) is 19.0. The summed E-state index contributed by atoms with van der Waals surface area (Å²) in [5, 5.41) is 3.16. The second-order valence-electron chi connectivity index (χ2n) is 8.21. The van der Waals surface area contributed by atoms with Crippen molar-refractivity contribution in [1.29, 1.82) is 0 Å². The largest absolute Gasteiger partial charge is 0.491 e. The molecule has 0 atom stereocenters. The van der Waals surface area contributed by atoms with Crippen LogP contribution >= 0.6 is 0 Å². The third-order valence-electron chi connectivity index (χ3n) is 5.56. The number of nitrogens with zero attached hydrogens (tertiary/aromatic N) is 1. The van der Waals surface area contributed by atoms with E-state index in [0.717, 1.165) is 16.0 Å². The summed E-state index contributed by atoms with van der Waals surface area (Å²) in [7, 11) is 0. The van der Waals surface area contributed by atoms with Gasteiger partial charge in [-0.3, -0.25) is 9.59 Å². The van der Waals surface area contributed by atoms with E-state index >= 15 is 0 Å². The molecule has 1 aliphatic heterocycles. The van der Waals surface area contributed by atoms with Crippen molar-refractivity contribution in [3.63, 3.8) is 0 Å². The normalized spacial score (nSPS) is 13.8. The van der Waals surface area contributed by atoms with E-state index in [9.17, 15) is 14.0 Å². The molecule has 0 saturated heterocycles. The molecule has 0 aromatic heterocycles. The van der Waals surface area contributed by atoms with Gasteiger partial charge in [0.1, 0.15) is 17.3 Å². The van der Waals surface area contributed by atoms with Gasteiger partial charge in [-0.2, -0.15) is 0 Å². The van der Waals surface area contributed by atoms with Crippen molar-refractivity contribution in [2.75, 3.05) is 10.2 Å². The standard InChI is InChI=1S/C27H25FN2O3/c1-16(2)33-20-14-12-19(13-15-20)24-25(29-22-10-7-8-17(3)18(22)4)27(32)30(26(24)31)23-11-6-5-9-21(23)28/h5-16,29H,1-4H3. The van der Waals surface area contributed by atoms with Gasteiger partial charge < -0.3 is 10.1 Å². The summed E-state index contributed by atoms with van der Waals surface area (Å²) >= 11 is 0. The summed E-state index contributed by atoms with van der Waals surface area (Å²) in [6.45, 7) is 7.75. The van der Waals surface area contributed by atoms with Crippen LogP contribution in [0.1, 0.15) is 30.5 Å². The lowest BCUT2D eigenvalue weighted by molar-refractivity contribution is -0.120. The molecule has 6 heteroatoms. The second-order valence-corrected chi connectivity index (χ2v) is 8.21. The minimum Gasteiger partial charge on any atom is -0.491 e. The summed E-state index contributed by atoms with van der Waals surface area (Å²) in [4.78, 5) is 27.8. The molecule has 0 aliphatic carbocycles. The van der Waals surface area contributed by atoms with Crippen molar-refractivity contribution in [3.8, 4) is 5.75 Å². The molecule has 33 heavy (non-hydrogen) atoms. The lowest BCUT2D eigenvalue weighted by Gasteiger charge is -2.16. The fourth-order valence-corrected chi connectivity index (χ4v) is 3.76. The van der Waals surface area contributed by atoms with Crippen molar-refractivity contribution in [3.05, 3.63) is 94.9 Å². The zero-order chi connectivity index (χ0) is 23.7. The topological polar surface area (TPSA) is 58.6 Å². The van der Waals surface area contributed by atoms with E-state index in [1.807, 2.05) is 45.9 Å². The Balaban J connectivity index is 1.82. The molecule has 0 spiro atoms. The van der Waals surface area contributed by atoms with Crippen LogP contribution in [-0.2, 0) is 9.59 Å². The highest BCUT2D eigenvalue weighted by Crippen LogP contribution is 2.36. The van der Waals surface area contributed by atoms with Crippen LogP contribution < -0.4 is 15.0 Å². The van der Waals surface area contributed by atoms with Gasteiger partial charge in [-0.15, -0.1) is 0 Å². The molecule has 4 rings (SSSR count). The van der Waals surface area contributed by atoms with Crippen LogP contribution in [-0.4, -0.2) is 17.9 Å². The van der Waals surface area contributed by atoms with Gasteiger partial charge in [0.2, 0.25) is 0 Å². The van der Waals surface area contributed by atoms with Gasteiger partial charge in [0.25, 0.3) is 11.8 Å². The number of aryl methyl sites for hydroxylation is 1. The Morgan fingerprint density at radius 2 is 1.58 bits per heavy atom. The molecule has 0 bridgehead atoms. The molecule has 1 N–H and O–H groups in total. The Hall–Kier alpha value is -3.93. The Labute approximate surface area is 192 Å². The Kier molecular flexibility index (Phi) is 6.01. The first-order valence-electron chi connectivity index (χ1n) is 10.8. The first-order valence-corrected chi connectivity index (χ1v) is 10.8. The average Bonchev–Trinajstić information content (AvgIpc) is 3.01. The number of hydrogen-bond donors (Lipinski definition) is 1. The van der Waals surface area contributed by atoms with E-state index in [4.69, 9.17) is 4.74 Å². The third-order valence-corrected chi connectivity index (χ3v) is 5.56. The number of amides is 2. The van der Waals surface area contributed by atoms with Gasteiger partial charge in [0.05, 0.1) is 17.4 Å². The maximum Gasteiger partial charge on any atom is 0.282 e. The number of halogens is 1. The van der Waals surface area contributed by atoms with E-state index in [-0.39, 0.29) is 23.1 Å². The van der Waals surface area contributed by atoms with Gasteiger partial charge in [0, 0.05) is 5.69 Å². The summed E-state index contributed by atoms with van der Waals surface area (Å²) in [6.07, 6.45) is 0.00262. The van der Waals surface area contributed by atoms with Crippen LogP contribution in [0.25, 0.3) is 5.57 Å². The van der Waals surface area contributed by atoms with E-state index in [2.05, 4.69) is 5.32 Å². The van der Waals surface area contributed by atoms with Gasteiger partial charge in [-0.1, -0.05) is 36.4 Å². The van der Waals surface area contributed by atoms with Crippen molar-refractivity contribution in [2.45, 2.75) is 33.8 Å². The van der Waals surface area contributed by atoms with E-state index in [1.165, 1.54) is 18.2 Å². The van der Waals surface area contributed by atoms with Crippen LogP contribution in [0.2, 0.25) is 0 Å². The average molecular weight is 445 g/mol. The van der Waals surface area contributed by atoms with Gasteiger partial charge >= 0.3 is 0 Å². The molecule has 2 amide bonds. The Morgan fingerprint density at radius 1 is 0.879 bits per heavy atom. The highest BCUT2D eigenvalue weighted by atomic mass is 19.1. The van der Waals surface area contributed by atoms with Gasteiger partial charge in [0.15, 0.2) is 0 Å². The number of nitrogens with one attached hydrogen (secondary N) is 1. The number of rotatable bonds is 6. The van der Waals surface area contributed by atoms with E-state index in [0.29, 0.717) is 17.0 Å². The molecule has 168 valence electrons. The van der Waals surface area contributed by atoms with Crippen LogP contribution in [0.3, 0.4) is 0 Å². The second kappa shape index (κ2) is 8.90. The zero-order valence-corrected chi connectivity index (χ0v) is 19.0. The maximum atomic E-state index is 14.6. The summed E-state index contributed by atoms with van der Waals surface area (Å²) in [5.41, 5.74) is 3.45. The molecule has 1 aliphatic rings. The molecular formula is C27H25FN2O3. The van der Waals surface area contributed by atoms with Crippen LogP contribution in [0.15, 0.2) is 72.4 Å². The quantitative estimate of drug-likeness (QED) is 0.501. The predicted molar refractivity (Wildman–Crippen MR) is 128 cm³/mol. The number of hydrogen-bond acceptors (Lipinski definition) is 4. The highest BCUT2D eigenvalue weighted by molar-refractivity contribution is 6.46. The minimum absolute atomic E-state index is 0.00262. The predicted octanol–water partition coefficient (Wildman–Crippen LogP) is 5.63. The van der Waals surface area contributed by atoms with Crippen molar-refractivity contribution < 1.29 is 18.7 Å². The fourth-order valence-electron chi connectivity index (χ4n) is 3.76. The minimum atomic E-state index is -0.646. The summed E-state index contributed by atoms with van der Waals surface area (Å²) in [5.74, 6) is -1.19. The molecule has 0 fully saturated rings. The first-order chi connectivity index (χ1) is 15.8. The lowest BCUT2D eigenvalue weighted by Crippen LogP contribution is -2.33. The SMILES string of the molecule is Cc1cccc(NC2=C(c3ccc(OC(C)C)cc3)C(=O)N(c3ccccc3F)C2=O)c1C. The molecule has 3 aromatic carbocycles. The smallest absolute Gasteiger partial charge is 0.282 e. The number of para-hydroxylation sites is 1. The van der Waals surface area contributed by atoms with Crippen molar-refractivity contribution >= 4 is 28.8 Å². The number of ether oxygens (including phenoxy) is 1. The Morgan fingerprint density at radius 3 is 2.24 bits per heavy atom. The molecular weight excluding hydrogens is 419 g/mol. The van der Waals surface area contributed by atoms with Gasteiger partial charge in [-0.25, -0.2) is 9.29 Å². The fraction of sp³-hybridized carbons (Fsp3) is 0.185. The molecule has 3 aromatic rings. The lowest BCUT2D eigenvalue weighted by atomic mass is 10.0. The van der Waals surface area contributed by atoms with Gasteiger partial charge in [-0.05, 0) is 74.7 Å². The summed E-state index contributed by atoms with van der Waals surface area (Å²) < 4.78 is 20.3. The molecule has 0 unspecified atom stereocenters. The van der Waals surface area contributed by atoms with Crippen LogP contribution in [0, 0.1) is 19.7 Å². The third kappa shape index (κ3) is 4.24. The van der Waals surface area contributed by atoms with Crippen molar-refractivity contribution in [1.82, 2.24) is 0 Å². The maximum absolute atomic E-state index is 14.6.